The molecule has 9 nitrogen and oxygen atoms in total. The average Bonchev–Trinajstić information content (AvgIpc) is 3.44. The lowest BCUT2D eigenvalue weighted by Gasteiger charge is -2.19. The van der Waals surface area contributed by atoms with Crippen molar-refractivity contribution < 1.29 is 33.7 Å². The third-order valence-electron chi connectivity index (χ3n) is 5.81. The van der Waals surface area contributed by atoms with E-state index in [0.29, 0.717) is 43.4 Å². The number of carboxylic acids is 1. The van der Waals surface area contributed by atoms with Gasteiger partial charge in [-0.15, -0.1) is 0 Å². The summed E-state index contributed by atoms with van der Waals surface area (Å²) in [4.78, 5) is 37.5. The van der Waals surface area contributed by atoms with Crippen molar-refractivity contribution in [2.45, 2.75) is 24.9 Å². The van der Waals surface area contributed by atoms with Crippen LogP contribution in [0.3, 0.4) is 0 Å². The Bertz CT molecular complexity index is 1030. The van der Waals surface area contributed by atoms with Crippen LogP contribution in [0.4, 0.5) is 5.69 Å². The van der Waals surface area contributed by atoms with Crippen LogP contribution in [-0.4, -0.2) is 67.3 Å². The number of anilines is 1. The van der Waals surface area contributed by atoms with Crippen LogP contribution < -0.4 is 14.8 Å². The molecule has 0 spiro atoms. The van der Waals surface area contributed by atoms with Crippen molar-refractivity contribution in [2.75, 3.05) is 38.7 Å². The zero-order valence-electron chi connectivity index (χ0n) is 18.3. The van der Waals surface area contributed by atoms with Crippen molar-refractivity contribution in [1.82, 2.24) is 4.90 Å². The zero-order valence-corrected chi connectivity index (χ0v) is 18.3. The van der Waals surface area contributed by atoms with Crippen molar-refractivity contribution in [1.29, 1.82) is 0 Å². The number of likely N-dealkylation sites (tertiary alicyclic amines) is 1. The van der Waals surface area contributed by atoms with E-state index >= 15 is 0 Å². The SMILES string of the molecule is COc1ccc([C@@H]2CC(=O)N(CC(=O)Nc3ccc(C(=O)O)cc3)C2)cc1O[C@@H]1CCOC1. The summed E-state index contributed by atoms with van der Waals surface area (Å²) in [5.74, 6) is -0.288. The Hall–Kier alpha value is -3.59. The van der Waals surface area contributed by atoms with Gasteiger partial charge in [0.25, 0.3) is 0 Å². The first-order chi connectivity index (χ1) is 15.9. The number of methoxy groups -OCH3 is 1. The molecular formula is C24H26N2O7. The van der Waals surface area contributed by atoms with E-state index in [1.807, 2.05) is 18.2 Å². The first kappa shape index (κ1) is 22.6. The minimum absolute atomic E-state index is 0.0240. The summed E-state index contributed by atoms with van der Waals surface area (Å²) in [5.41, 5.74) is 1.56. The van der Waals surface area contributed by atoms with Gasteiger partial charge < -0.3 is 29.5 Å². The van der Waals surface area contributed by atoms with Gasteiger partial charge in [-0.1, -0.05) is 6.07 Å². The lowest BCUT2D eigenvalue weighted by Crippen LogP contribution is -2.34. The molecule has 33 heavy (non-hydrogen) atoms. The Morgan fingerprint density at radius 3 is 2.64 bits per heavy atom. The molecule has 174 valence electrons. The lowest BCUT2D eigenvalue weighted by molar-refractivity contribution is -0.131. The molecule has 0 unspecified atom stereocenters. The average molecular weight is 454 g/mol. The fraction of sp³-hybridized carbons (Fsp3) is 0.375. The second kappa shape index (κ2) is 9.91. The molecule has 2 aliphatic rings. The highest BCUT2D eigenvalue weighted by Crippen LogP contribution is 2.36. The number of amides is 2. The maximum atomic E-state index is 12.6. The molecule has 0 aliphatic carbocycles. The van der Waals surface area contributed by atoms with E-state index < -0.39 is 5.97 Å². The van der Waals surface area contributed by atoms with Crippen molar-refractivity contribution >= 4 is 23.5 Å². The lowest BCUT2D eigenvalue weighted by atomic mass is 9.98. The van der Waals surface area contributed by atoms with Crippen LogP contribution in [0, 0.1) is 0 Å². The predicted molar refractivity (Wildman–Crippen MR) is 119 cm³/mol. The highest BCUT2D eigenvalue weighted by atomic mass is 16.6. The molecule has 2 aliphatic heterocycles. The van der Waals surface area contributed by atoms with E-state index in [4.69, 9.17) is 19.3 Å². The fourth-order valence-electron chi connectivity index (χ4n) is 4.04. The van der Waals surface area contributed by atoms with Crippen LogP contribution in [0.25, 0.3) is 0 Å². The smallest absolute Gasteiger partial charge is 0.335 e. The summed E-state index contributed by atoms with van der Waals surface area (Å²) < 4.78 is 16.8. The second-order valence-corrected chi connectivity index (χ2v) is 8.12. The Morgan fingerprint density at radius 2 is 1.97 bits per heavy atom. The Kier molecular flexibility index (Phi) is 6.79. The number of nitrogens with one attached hydrogen (secondary N) is 1. The van der Waals surface area contributed by atoms with Crippen molar-refractivity contribution in [3.8, 4) is 11.5 Å². The first-order valence-electron chi connectivity index (χ1n) is 10.8. The van der Waals surface area contributed by atoms with Crippen LogP contribution in [-0.2, 0) is 14.3 Å². The van der Waals surface area contributed by atoms with Crippen LogP contribution in [0.15, 0.2) is 42.5 Å². The molecule has 0 saturated carbocycles. The maximum Gasteiger partial charge on any atom is 0.335 e. The molecule has 2 amide bonds. The standard InChI is InChI=1S/C24H26N2O7/c1-31-20-7-4-16(10-21(20)33-19-8-9-32-14-19)17-11-23(28)26(12-17)13-22(27)25-18-5-2-15(3-6-18)24(29)30/h2-7,10,17,19H,8-9,11-14H2,1H3,(H,25,27)(H,29,30)/t17-,19-/m1/s1. The molecule has 2 fully saturated rings. The Morgan fingerprint density at radius 1 is 1.18 bits per heavy atom. The number of carboxylic acid groups (broad SMARTS) is 1. The van der Waals surface area contributed by atoms with Gasteiger partial charge >= 0.3 is 5.97 Å². The van der Waals surface area contributed by atoms with Crippen molar-refractivity contribution in [3.63, 3.8) is 0 Å². The second-order valence-electron chi connectivity index (χ2n) is 8.12. The molecule has 0 aromatic heterocycles. The van der Waals surface area contributed by atoms with E-state index in [1.165, 1.54) is 29.2 Å². The van der Waals surface area contributed by atoms with Gasteiger partial charge in [0.2, 0.25) is 11.8 Å². The largest absolute Gasteiger partial charge is 0.493 e. The number of carbonyl (C=O) groups is 3. The third kappa shape index (κ3) is 5.43. The van der Waals surface area contributed by atoms with E-state index in [1.54, 1.807) is 7.11 Å². The van der Waals surface area contributed by atoms with E-state index in [9.17, 15) is 14.4 Å². The van der Waals surface area contributed by atoms with Crippen molar-refractivity contribution in [2.24, 2.45) is 0 Å². The molecular weight excluding hydrogens is 428 g/mol. The first-order valence-corrected chi connectivity index (χ1v) is 10.8. The van der Waals surface area contributed by atoms with Gasteiger partial charge in [0.15, 0.2) is 11.5 Å². The fourth-order valence-corrected chi connectivity index (χ4v) is 4.04. The molecule has 2 atom stereocenters. The summed E-state index contributed by atoms with van der Waals surface area (Å²) in [7, 11) is 1.58. The number of hydrogen-bond donors (Lipinski definition) is 2. The molecule has 2 saturated heterocycles. The van der Waals surface area contributed by atoms with Gasteiger partial charge in [-0.3, -0.25) is 9.59 Å². The summed E-state index contributed by atoms with van der Waals surface area (Å²) >= 11 is 0. The van der Waals surface area contributed by atoms with Crippen LogP contribution >= 0.6 is 0 Å². The maximum absolute atomic E-state index is 12.6. The number of ether oxygens (including phenoxy) is 3. The number of hydrogen-bond acceptors (Lipinski definition) is 6. The third-order valence-corrected chi connectivity index (χ3v) is 5.81. The number of carbonyl (C=O) groups excluding carboxylic acids is 2. The number of benzene rings is 2. The topological polar surface area (TPSA) is 114 Å². The van der Waals surface area contributed by atoms with Crippen LogP contribution in [0.1, 0.15) is 34.7 Å². The highest BCUT2D eigenvalue weighted by Gasteiger charge is 2.32. The highest BCUT2D eigenvalue weighted by molar-refractivity contribution is 5.95. The normalized spacial score (nSPS) is 20.0. The van der Waals surface area contributed by atoms with Crippen LogP contribution in [0.2, 0.25) is 0 Å². The van der Waals surface area contributed by atoms with Crippen molar-refractivity contribution in [3.05, 3.63) is 53.6 Å². The van der Waals surface area contributed by atoms with Gasteiger partial charge in [-0.25, -0.2) is 4.79 Å². The zero-order chi connectivity index (χ0) is 23.4. The van der Waals surface area contributed by atoms with Gasteiger partial charge in [-0.05, 0) is 42.0 Å². The van der Waals surface area contributed by atoms with Gasteiger partial charge in [0.05, 0.1) is 32.4 Å². The monoisotopic (exact) mass is 454 g/mol. The van der Waals surface area contributed by atoms with E-state index in [2.05, 4.69) is 5.32 Å². The minimum Gasteiger partial charge on any atom is -0.493 e. The molecule has 0 radical (unpaired) electrons. The predicted octanol–water partition coefficient (Wildman–Crippen LogP) is 2.52. The van der Waals surface area contributed by atoms with Gasteiger partial charge in [-0.2, -0.15) is 0 Å². The van der Waals surface area contributed by atoms with Gasteiger partial charge in [0.1, 0.15) is 6.10 Å². The molecule has 9 heteroatoms. The quantitative estimate of drug-likeness (QED) is 0.630. The minimum atomic E-state index is -1.04. The summed E-state index contributed by atoms with van der Waals surface area (Å²) in [6, 6.07) is 11.5. The number of aromatic carboxylic acids is 1. The summed E-state index contributed by atoms with van der Waals surface area (Å²) in [5, 5.41) is 11.7. The van der Waals surface area contributed by atoms with Gasteiger partial charge in [0, 0.05) is 31.0 Å². The van der Waals surface area contributed by atoms with Crippen LogP contribution in [0.5, 0.6) is 11.5 Å². The Labute approximate surface area is 191 Å². The summed E-state index contributed by atoms with van der Waals surface area (Å²) in [6.07, 6.45) is 1.10. The molecule has 2 aromatic carbocycles. The number of rotatable bonds is 8. The van der Waals surface area contributed by atoms with E-state index in [0.717, 1.165) is 12.0 Å². The molecule has 0 bridgehead atoms. The molecule has 2 heterocycles. The molecule has 4 rings (SSSR count). The number of nitrogens with zero attached hydrogens (tertiary/aromatic N) is 1. The van der Waals surface area contributed by atoms with E-state index in [-0.39, 0.29) is 35.9 Å². The summed E-state index contributed by atoms with van der Waals surface area (Å²) in [6.45, 7) is 1.55. The molecule has 2 aromatic rings. The Balaban J connectivity index is 1.38. The molecule has 2 N–H and O–H groups in total.